The molecule has 86 valence electrons. The average molecular weight is 221 g/mol. The minimum Gasteiger partial charge on any atom is -0.372 e. The maximum absolute atomic E-state index is 11.0. The van der Waals surface area contributed by atoms with Crippen LogP contribution >= 0.6 is 0 Å². The Bertz CT molecular complexity index is 395. The third-order valence-electron chi connectivity index (χ3n) is 2.79. The zero-order valence-electron chi connectivity index (χ0n) is 9.18. The molecule has 1 saturated heterocycles. The van der Waals surface area contributed by atoms with Crippen LogP contribution in [0.5, 0.6) is 0 Å². The molecule has 1 aromatic rings. The second-order valence-electron chi connectivity index (χ2n) is 3.85. The summed E-state index contributed by atoms with van der Waals surface area (Å²) in [6.07, 6.45) is 4.15. The van der Waals surface area contributed by atoms with Crippen LogP contribution in [0.4, 0.5) is 11.6 Å². The van der Waals surface area contributed by atoms with Crippen molar-refractivity contribution in [1.82, 2.24) is 9.97 Å². The van der Waals surface area contributed by atoms with Gasteiger partial charge in [-0.1, -0.05) is 0 Å². The van der Waals surface area contributed by atoms with Crippen molar-refractivity contribution in [3.63, 3.8) is 0 Å². The number of carbonyl (C=O) groups is 1. The highest BCUT2D eigenvalue weighted by atomic mass is 16.1. The molecule has 2 rings (SSSR count). The minimum absolute atomic E-state index is 0.0694. The molecule has 0 aliphatic carbocycles. The molecule has 0 saturated carbocycles. The van der Waals surface area contributed by atoms with Crippen LogP contribution in [-0.4, -0.2) is 36.0 Å². The number of aromatic nitrogens is 2. The highest BCUT2D eigenvalue weighted by Crippen LogP contribution is 2.21. The first-order chi connectivity index (χ1) is 7.70. The Hall–Kier alpha value is -1.85. The van der Waals surface area contributed by atoms with Crippen molar-refractivity contribution >= 4 is 17.5 Å². The molecule has 0 aromatic carbocycles. The van der Waals surface area contributed by atoms with Crippen LogP contribution in [0.1, 0.15) is 6.42 Å². The molecule has 1 amide bonds. The molecule has 0 spiro atoms. The van der Waals surface area contributed by atoms with E-state index >= 15 is 0 Å². The lowest BCUT2D eigenvalue weighted by Gasteiger charge is -2.16. The van der Waals surface area contributed by atoms with Gasteiger partial charge in [0.1, 0.15) is 11.6 Å². The topological polar surface area (TPSA) is 84.1 Å². The van der Waals surface area contributed by atoms with Gasteiger partial charge in [-0.3, -0.25) is 9.78 Å². The number of rotatable bonds is 3. The monoisotopic (exact) mass is 221 g/mol. The number of primary amides is 1. The zero-order chi connectivity index (χ0) is 11.5. The van der Waals surface area contributed by atoms with Gasteiger partial charge in [0.05, 0.1) is 18.3 Å². The van der Waals surface area contributed by atoms with E-state index in [4.69, 9.17) is 5.73 Å². The van der Waals surface area contributed by atoms with Crippen LogP contribution < -0.4 is 16.0 Å². The Labute approximate surface area is 93.9 Å². The first-order valence-electron chi connectivity index (χ1n) is 5.24. The molecule has 1 unspecified atom stereocenters. The quantitative estimate of drug-likeness (QED) is 0.740. The van der Waals surface area contributed by atoms with Crippen molar-refractivity contribution in [2.24, 2.45) is 11.7 Å². The lowest BCUT2D eigenvalue weighted by Crippen LogP contribution is -2.27. The summed E-state index contributed by atoms with van der Waals surface area (Å²) in [6, 6.07) is 0. The molecule has 1 aromatic heterocycles. The van der Waals surface area contributed by atoms with Crippen molar-refractivity contribution in [2.75, 3.05) is 30.4 Å². The molecular weight excluding hydrogens is 206 g/mol. The summed E-state index contributed by atoms with van der Waals surface area (Å²) in [4.78, 5) is 21.5. The van der Waals surface area contributed by atoms with Crippen LogP contribution in [-0.2, 0) is 4.79 Å². The van der Waals surface area contributed by atoms with Gasteiger partial charge in [-0.15, -0.1) is 0 Å². The molecule has 1 atom stereocenters. The fourth-order valence-corrected chi connectivity index (χ4v) is 1.83. The smallest absolute Gasteiger partial charge is 0.222 e. The van der Waals surface area contributed by atoms with Gasteiger partial charge in [0.25, 0.3) is 0 Å². The lowest BCUT2D eigenvalue weighted by atomic mass is 10.1. The Morgan fingerprint density at radius 3 is 3.06 bits per heavy atom. The van der Waals surface area contributed by atoms with Gasteiger partial charge in [-0.25, -0.2) is 4.98 Å². The van der Waals surface area contributed by atoms with Crippen molar-refractivity contribution in [1.29, 1.82) is 0 Å². The van der Waals surface area contributed by atoms with Crippen LogP contribution in [0, 0.1) is 5.92 Å². The number of nitrogens with two attached hydrogens (primary N) is 1. The summed E-state index contributed by atoms with van der Waals surface area (Å²) in [7, 11) is 1.80. The van der Waals surface area contributed by atoms with Crippen molar-refractivity contribution in [3.05, 3.63) is 12.4 Å². The molecule has 0 bridgehead atoms. The summed E-state index contributed by atoms with van der Waals surface area (Å²) in [5.41, 5.74) is 5.28. The van der Waals surface area contributed by atoms with Gasteiger partial charge >= 0.3 is 0 Å². The number of hydrogen-bond donors (Lipinski definition) is 2. The predicted octanol–water partition coefficient (Wildman–Crippen LogP) is -0.170. The van der Waals surface area contributed by atoms with Gasteiger partial charge < -0.3 is 16.0 Å². The molecule has 6 heteroatoms. The van der Waals surface area contributed by atoms with Crippen molar-refractivity contribution in [2.45, 2.75) is 6.42 Å². The predicted molar refractivity (Wildman–Crippen MR) is 61.1 cm³/mol. The summed E-state index contributed by atoms with van der Waals surface area (Å²) in [5, 5.41) is 2.93. The number of nitrogens with one attached hydrogen (secondary N) is 1. The lowest BCUT2D eigenvalue weighted by molar-refractivity contribution is -0.121. The van der Waals surface area contributed by atoms with E-state index in [1.54, 1.807) is 19.4 Å². The van der Waals surface area contributed by atoms with Gasteiger partial charge in [-0.2, -0.15) is 0 Å². The van der Waals surface area contributed by atoms with Crippen LogP contribution in [0.3, 0.4) is 0 Å². The molecule has 0 radical (unpaired) electrons. The number of carbonyl (C=O) groups excluding carboxylic acids is 1. The summed E-state index contributed by atoms with van der Waals surface area (Å²) in [5.74, 6) is 1.20. The highest BCUT2D eigenvalue weighted by Gasteiger charge is 2.27. The average Bonchev–Trinajstić information content (AvgIpc) is 2.78. The van der Waals surface area contributed by atoms with E-state index in [0.29, 0.717) is 6.54 Å². The minimum atomic E-state index is -0.236. The van der Waals surface area contributed by atoms with Crippen molar-refractivity contribution < 1.29 is 4.79 Å². The van der Waals surface area contributed by atoms with Gasteiger partial charge in [0.15, 0.2) is 0 Å². The number of nitrogens with zero attached hydrogens (tertiary/aromatic N) is 3. The largest absolute Gasteiger partial charge is 0.372 e. The maximum atomic E-state index is 11.0. The standard InChI is InChI=1S/C10H15N5O/c1-12-8-4-13-5-9(14-8)15-3-2-7(6-15)10(11)16/h4-5,7H,2-3,6H2,1H3,(H2,11,16)(H,12,14). The Kier molecular flexibility index (Phi) is 2.89. The maximum Gasteiger partial charge on any atom is 0.222 e. The third kappa shape index (κ3) is 2.05. The molecule has 1 aliphatic heterocycles. The fourth-order valence-electron chi connectivity index (χ4n) is 1.83. The van der Waals surface area contributed by atoms with E-state index in [-0.39, 0.29) is 11.8 Å². The normalized spacial score (nSPS) is 19.8. The van der Waals surface area contributed by atoms with E-state index in [0.717, 1.165) is 24.6 Å². The SMILES string of the molecule is CNc1cncc(N2CCC(C(N)=O)C2)n1. The van der Waals surface area contributed by atoms with Gasteiger partial charge in [-0.05, 0) is 6.42 Å². The summed E-state index contributed by atoms with van der Waals surface area (Å²) >= 11 is 0. The second-order valence-corrected chi connectivity index (χ2v) is 3.85. The molecule has 3 N–H and O–H groups in total. The van der Waals surface area contributed by atoms with Crippen LogP contribution in [0.2, 0.25) is 0 Å². The number of amides is 1. The van der Waals surface area contributed by atoms with Gasteiger partial charge in [0.2, 0.25) is 5.91 Å². The molecule has 16 heavy (non-hydrogen) atoms. The molecule has 1 fully saturated rings. The molecule has 1 aliphatic rings. The van der Waals surface area contributed by atoms with E-state index in [2.05, 4.69) is 15.3 Å². The number of anilines is 2. The Morgan fingerprint density at radius 1 is 1.62 bits per heavy atom. The molecule has 6 nitrogen and oxygen atoms in total. The van der Waals surface area contributed by atoms with Crippen LogP contribution in [0.25, 0.3) is 0 Å². The zero-order valence-corrected chi connectivity index (χ0v) is 9.18. The van der Waals surface area contributed by atoms with Crippen molar-refractivity contribution in [3.8, 4) is 0 Å². The first kappa shape index (κ1) is 10.7. The van der Waals surface area contributed by atoms with E-state index in [9.17, 15) is 4.79 Å². The first-order valence-corrected chi connectivity index (χ1v) is 5.24. The number of hydrogen-bond acceptors (Lipinski definition) is 5. The van der Waals surface area contributed by atoms with E-state index in [1.165, 1.54) is 0 Å². The summed E-state index contributed by atoms with van der Waals surface area (Å²) < 4.78 is 0. The molecular formula is C10H15N5O. The summed E-state index contributed by atoms with van der Waals surface area (Å²) in [6.45, 7) is 1.44. The van der Waals surface area contributed by atoms with Gasteiger partial charge in [0, 0.05) is 20.1 Å². The highest BCUT2D eigenvalue weighted by molar-refractivity contribution is 5.78. The van der Waals surface area contributed by atoms with Crippen LogP contribution in [0.15, 0.2) is 12.4 Å². The Balaban J connectivity index is 2.11. The van der Waals surface area contributed by atoms with E-state index < -0.39 is 0 Å². The fraction of sp³-hybridized carbons (Fsp3) is 0.500. The molecule has 2 heterocycles. The third-order valence-corrected chi connectivity index (χ3v) is 2.79. The van der Waals surface area contributed by atoms with E-state index in [1.807, 2.05) is 4.90 Å². The second kappa shape index (κ2) is 4.34. The Morgan fingerprint density at radius 2 is 2.44 bits per heavy atom.